The van der Waals surface area contributed by atoms with E-state index in [-0.39, 0.29) is 11.8 Å². The summed E-state index contributed by atoms with van der Waals surface area (Å²) >= 11 is 0. The van der Waals surface area contributed by atoms with Crippen LogP contribution in [0.1, 0.15) is 39.5 Å². The Hall–Kier alpha value is -0.860. The van der Waals surface area contributed by atoms with Gasteiger partial charge in [-0.3, -0.25) is 4.79 Å². The zero-order chi connectivity index (χ0) is 9.40. The van der Waals surface area contributed by atoms with Gasteiger partial charge >= 0.3 is 5.97 Å². The topological polar surface area (TPSA) is 43.4 Å². The lowest BCUT2D eigenvalue weighted by molar-refractivity contribution is -0.144. The van der Waals surface area contributed by atoms with Crippen molar-refractivity contribution in [3.8, 4) is 0 Å². The summed E-state index contributed by atoms with van der Waals surface area (Å²) in [7, 11) is 0. The van der Waals surface area contributed by atoms with Gasteiger partial charge in [0.25, 0.3) is 0 Å². The van der Waals surface area contributed by atoms with Crippen molar-refractivity contribution in [2.75, 3.05) is 6.61 Å². The highest BCUT2D eigenvalue weighted by molar-refractivity contribution is 5.75. The fraction of sp³-hybridized carbons (Fsp3) is 0.778. The summed E-state index contributed by atoms with van der Waals surface area (Å²) in [6.07, 6.45) is 2.43. The van der Waals surface area contributed by atoms with Gasteiger partial charge in [0.1, 0.15) is 5.78 Å². The van der Waals surface area contributed by atoms with Crippen LogP contribution < -0.4 is 0 Å². The van der Waals surface area contributed by atoms with Gasteiger partial charge in [0, 0.05) is 12.8 Å². The summed E-state index contributed by atoms with van der Waals surface area (Å²) in [5.74, 6) is -0.0254. The van der Waals surface area contributed by atoms with E-state index in [0.29, 0.717) is 25.9 Å². The van der Waals surface area contributed by atoms with Crippen LogP contribution >= 0.6 is 0 Å². The maximum absolute atomic E-state index is 10.8. The van der Waals surface area contributed by atoms with Crippen molar-refractivity contribution in [3.05, 3.63) is 0 Å². The Labute approximate surface area is 73.1 Å². The molecular weight excluding hydrogens is 156 g/mol. The fourth-order valence-corrected chi connectivity index (χ4v) is 0.783. The molecule has 0 fully saturated rings. The Balaban J connectivity index is 3.19. The van der Waals surface area contributed by atoms with Crippen molar-refractivity contribution in [2.45, 2.75) is 39.5 Å². The lowest BCUT2D eigenvalue weighted by Gasteiger charge is -2.01. The van der Waals surface area contributed by atoms with Gasteiger partial charge in [0.15, 0.2) is 0 Å². The second-order valence-electron chi connectivity index (χ2n) is 2.78. The van der Waals surface area contributed by atoms with Crippen LogP contribution in [0.5, 0.6) is 0 Å². The molecule has 3 heteroatoms. The minimum absolute atomic E-state index is 0.140. The van der Waals surface area contributed by atoms with E-state index in [4.69, 9.17) is 4.74 Å². The van der Waals surface area contributed by atoms with Crippen molar-refractivity contribution in [1.82, 2.24) is 0 Å². The largest absolute Gasteiger partial charge is 0.466 e. The minimum Gasteiger partial charge on any atom is -0.466 e. The number of Topliss-reactive ketones (excluding diaryl/α,β-unsaturated/α-hetero) is 1. The van der Waals surface area contributed by atoms with Crippen molar-refractivity contribution in [1.29, 1.82) is 0 Å². The molecule has 0 heterocycles. The predicted octanol–water partition coefficient (Wildman–Crippen LogP) is 1.70. The second-order valence-corrected chi connectivity index (χ2v) is 2.78. The number of esters is 1. The molecule has 0 unspecified atom stereocenters. The van der Waals surface area contributed by atoms with E-state index < -0.39 is 0 Å². The van der Waals surface area contributed by atoms with Gasteiger partial charge in [-0.05, 0) is 19.8 Å². The third kappa shape index (κ3) is 7.25. The summed E-state index contributed by atoms with van der Waals surface area (Å²) in [5, 5.41) is 0. The summed E-state index contributed by atoms with van der Waals surface area (Å²) in [6.45, 7) is 3.84. The number of rotatable bonds is 6. The first-order chi connectivity index (χ1) is 5.66. The van der Waals surface area contributed by atoms with Gasteiger partial charge < -0.3 is 9.53 Å². The summed E-state index contributed by atoms with van der Waals surface area (Å²) in [4.78, 5) is 21.3. The molecule has 0 N–H and O–H groups in total. The maximum atomic E-state index is 10.8. The van der Waals surface area contributed by atoms with E-state index in [0.717, 1.165) is 6.42 Å². The molecule has 0 aliphatic rings. The molecule has 0 spiro atoms. The lowest BCUT2D eigenvalue weighted by atomic mass is 10.2. The zero-order valence-corrected chi connectivity index (χ0v) is 7.76. The molecule has 0 atom stereocenters. The fourth-order valence-electron chi connectivity index (χ4n) is 0.783. The number of carbonyl (C=O) groups excluding carboxylic acids is 2. The molecule has 0 saturated heterocycles. The van der Waals surface area contributed by atoms with Crippen LogP contribution in [-0.4, -0.2) is 18.4 Å². The third-order valence-electron chi connectivity index (χ3n) is 1.39. The molecule has 0 aromatic rings. The Morgan fingerprint density at radius 1 is 1.25 bits per heavy atom. The standard InChI is InChI=1S/C9H16O3/c1-3-5-9(11)12-7-4-6-8(2)10/h3-7H2,1-2H3. The highest BCUT2D eigenvalue weighted by Crippen LogP contribution is 1.95. The lowest BCUT2D eigenvalue weighted by Crippen LogP contribution is -2.05. The van der Waals surface area contributed by atoms with Crippen molar-refractivity contribution >= 4 is 11.8 Å². The molecule has 0 aromatic heterocycles. The van der Waals surface area contributed by atoms with E-state index in [9.17, 15) is 9.59 Å². The Morgan fingerprint density at radius 2 is 1.92 bits per heavy atom. The summed E-state index contributed by atoms with van der Waals surface area (Å²) < 4.78 is 4.84. The van der Waals surface area contributed by atoms with Crippen molar-refractivity contribution in [3.63, 3.8) is 0 Å². The number of ether oxygens (including phenoxy) is 1. The SMILES string of the molecule is CCCC(=O)OCCCC(C)=O. The molecule has 0 amide bonds. The Bertz CT molecular complexity index is 152. The van der Waals surface area contributed by atoms with E-state index in [1.807, 2.05) is 6.92 Å². The molecule has 0 bridgehead atoms. The number of carbonyl (C=O) groups is 2. The van der Waals surface area contributed by atoms with Crippen LogP contribution in [0.2, 0.25) is 0 Å². The number of ketones is 1. The average molecular weight is 172 g/mol. The zero-order valence-electron chi connectivity index (χ0n) is 7.76. The van der Waals surface area contributed by atoms with E-state index in [2.05, 4.69) is 0 Å². The highest BCUT2D eigenvalue weighted by atomic mass is 16.5. The molecule has 0 aromatic carbocycles. The van der Waals surface area contributed by atoms with E-state index in [1.54, 1.807) is 0 Å². The quantitative estimate of drug-likeness (QED) is 0.452. The van der Waals surface area contributed by atoms with Crippen LogP contribution in [-0.2, 0) is 14.3 Å². The van der Waals surface area contributed by atoms with Gasteiger partial charge in [-0.25, -0.2) is 0 Å². The molecule has 3 nitrogen and oxygen atoms in total. The molecule has 0 aliphatic heterocycles. The van der Waals surface area contributed by atoms with Crippen LogP contribution in [0.15, 0.2) is 0 Å². The normalized spacial score (nSPS) is 9.50. The first-order valence-corrected chi connectivity index (χ1v) is 4.32. The second kappa shape index (κ2) is 6.83. The molecule has 70 valence electrons. The molecule has 0 saturated carbocycles. The predicted molar refractivity (Wildman–Crippen MR) is 45.8 cm³/mol. The molecule has 12 heavy (non-hydrogen) atoms. The monoisotopic (exact) mass is 172 g/mol. The van der Waals surface area contributed by atoms with Crippen LogP contribution in [0.4, 0.5) is 0 Å². The minimum atomic E-state index is -0.166. The van der Waals surface area contributed by atoms with Gasteiger partial charge in [0.2, 0.25) is 0 Å². The van der Waals surface area contributed by atoms with Gasteiger partial charge in [-0.1, -0.05) is 6.92 Å². The summed E-state index contributed by atoms with van der Waals surface area (Å²) in [5.41, 5.74) is 0. The Morgan fingerprint density at radius 3 is 2.42 bits per heavy atom. The van der Waals surface area contributed by atoms with Crippen LogP contribution in [0.25, 0.3) is 0 Å². The molecular formula is C9H16O3. The smallest absolute Gasteiger partial charge is 0.305 e. The summed E-state index contributed by atoms with van der Waals surface area (Å²) in [6, 6.07) is 0. The number of hydrogen-bond donors (Lipinski definition) is 0. The first kappa shape index (κ1) is 11.1. The molecule has 0 rings (SSSR count). The molecule has 0 radical (unpaired) electrons. The highest BCUT2D eigenvalue weighted by Gasteiger charge is 2.00. The van der Waals surface area contributed by atoms with E-state index >= 15 is 0 Å². The first-order valence-electron chi connectivity index (χ1n) is 4.32. The van der Waals surface area contributed by atoms with Gasteiger partial charge in [-0.15, -0.1) is 0 Å². The Kier molecular flexibility index (Phi) is 6.34. The third-order valence-corrected chi connectivity index (χ3v) is 1.39. The van der Waals surface area contributed by atoms with E-state index in [1.165, 1.54) is 6.92 Å². The maximum Gasteiger partial charge on any atom is 0.305 e. The molecule has 0 aliphatic carbocycles. The van der Waals surface area contributed by atoms with Gasteiger partial charge in [0.05, 0.1) is 6.61 Å². The van der Waals surface area contributed by atoms with Crippen LogP contribution in [0, 0.1) is 0 Å². The van der Waals surface area contributed by atoms with Gasteiger partial charge in [-0.2, -0.15) is 0 Å². The van der Waals surface area contributed by atoms with Crippen LogP contribution in [0.3, 0.4) is 0 Å². The van der Waals surface area contributed by atoms with Crippen molar-refractivity contribution in [2.24, 2.45) is 0 Å². The average Bonchev–Trinajstić information content (AvgIpc) is 1.98. The number of hydrogen-bond acceptors (Lipinski definition) is 3. The van der Waals surface area contributed by atoms with Crippen molar-refractivity contribution < 1.29 is 14.3 Å².